The van der Waals surface area contributed by atoms with Crippen molar-refractivity contribution in [3.63, 3.8) is 0 Å². The van der Waals surface area contributed by atoms with Crippen molar-refractivity contribution in [3.8, 4) is 0 Å². The molecular weight excluding hydrogens is 266 g/mol. The van der Waals surface area contributed by atoms with Crippen molar-refractivity contribution in [2.75, 3.05) is 13.1 Å². The Morgan fingerprint density at radius 1 is 1.59 bits per heavy atom. The fourth-order valence-corrected chi connectivity index (χ4v) is 4.07. The lowest BCUT2D eigenvalue weighted by molar-refractivity contribution is 0.107. The number of aliphatic hydroxyl groups is 1. The summed E-state index contributed by atoms with van der Waals surface area (Å²) in [5, 5.41) is 13.4. The first-order chi connectivity index (χ1) is 7.93. The molecule has 1 aliphatic heterocycles. The third-order valence-corrected chi connectivity index (χ3v) is 5.16. The van der Waals surface area contributed by atoms with E-state index in [2.05, 4.69) is 5.10 Å². The van der Waals surface area contributed by atoms with E-state index in [-0.39, 0.29) is 16.6 Å². The van der Waals surface area contributed by atoms with Crippen LogP contribution in [0, 0.1) is 0 Å². The number of halogens is 1. The van der Waals surface area contributed by atoms with Gasteiger partial charge in [0.05, 0.1) is 17.3 Å². The minimum Gasteiger partial charge on any atom is -0.392 e. The summed E-state index contributed by atoms with van der Waals surface area (Å²) in [4.78, 5) is 0. The molecule has 1 aromatic heterocycles. The molecule has 8 heteroatoms. The highest BCUT2D eigenvalue weighted by atomic mass is 35.5. The van der Waals surface area contributed by atoms with Crippen LogP contribution in [-0.2, 0) is 17.1 Å². The quantitative estimate of drug-likeness (QED) is 0.840. The molecule has 1 fully saturated rings. The summed E-state index contributed by atoms with van der Waals surface area (Å²) in [5.74, 6) is 0. The molecule has 0 radical (unpaired) electrons. The van der Waals surface area contributed by atoms with Gasteiger partial charge in [-0.3, -0.25) is 4.68 Å². The van der Waals surface area contributed by atoms with Gasteiger partial charge in [-0.15, -0.1) is 0 Å². The van der Waals surface area contributed by atoms with Crippen molar-refractivity contribution in [3.05, 3.63) is 11.2 Å². The molecule has 0 aromatic carbocycles. The van der Waals surface area contributed by atoms with E-state index in [1.165, 1.54) is 22.2 Å². The molecule has 2 rings (SSSR count). The zero-order chi connectivity index (χ0) is 12.6. The second-order valence-corrected chi connectivity index (χ2v) is 6.34. The fourth-order valence-electron chi connectivity index (χ4n) is 1.95. The highest BCUT2D eigenvalue weighted by Crippen LogP contribution is 2.25. The second-order valence-electron chi connectivity index (χ2n) is 4.08. The molecule has 0 bridgehead atoms. The molecule has 6 nitrogen and oxygen atoms in total. The zero-order valence-electron chi connectivity index (χ0n) is 9.37. The Morgan fingerprint density at radius 2 is 2.29 bits per heavy atom. The first kappa shape index (κ1) is 12.8. The number of sulfonamides is 1. The van der Waals surface area contributed by atoms with Crippen LogP contribution in [0.3, 0.4) is 0 Å². The Kier molecular flexibility index (Phi) is 3.44. The van der Waals surface area contributed by atoms with E-state index in [1.807, 2.05) is 0 Å². The Hall–Kier alpha value is -0.630. The van der Waals surface area contributed by atoms with Gasteiger partial charge in [0.25, 0.3) is 10.0 Å². The number of rotatable bonds is 2. The van der Waals surface area contributed by atoms with Crippen LogP contribution in [0.25, 0.3) is 0 Å². The minimum atomic E-state index is -3.67. The molecule has 0 aliphatic carbocycles. The number of β-amino-alcohol motifs (C(OH)–C–C–N with tert-alkyl or cyclic N) is 1. The van der Waals surface area contributed by atoms with Crippen LogP contribution >= 0.6 is 11.6 Å². The monoisotopic (exact) mass is 279 g/mol. The van der Waals surface area contributed by atoms with Gasteiger partial charge < -0.3 is 5.11 Å². The number of aryl methyl sites for hydroxylation is 1. The van der Waals surface area contributed by atoms with Crippen LogP contribution < -0.4 is 0 Å². The van der Waals surface area contributed by atoms with Crippen molar-refractivity contribution in [2.45, 2.75) is 24.0 Å². The smallest absolute Gasteiger partial charge is 0.261 e. The van der Waals surface area contributed by atoms with Gasteiger partial charge in [-0.1, -0.05) is 11.6 Å². The van der Waals surface area contributed by atoms with Crippen molar-refractivity contribution in [1.29, 1.82) is 0 Å². The summed E-state index contributed by atoms with van der Waals surface area (Å²) in [6, 6.07) is 0. The molecule has 0 spiro atoms. The maximum absolute atomic E-state index is 12.3. The molecule has 1 saturated heterocycles. The van der Waals surface area contributed by atoms with Gasteiger partial charge >= 0.3 is 0 Å². The van der Waals surface area contributed by atoms with E-state index in [0.29, 0.717) is 19.4 Å². The second kappa shape index (κ2) is 4.56. The third kappa shape index (κ3) is 2.33. The normalized spacial score (nSPS) is 22.9. The van der Waals surface area contributed by atoms with Gasteiger partial charge in [-0.05, 0) is 12.8 Å². The largest absolute Gasteiger partial charge is 0.392 e. The summed E-state index contributed by atoms with van der Waals surface area (Å²) in [5.41, 5.74) is 0. The van der Waals surface area contributed by atoms with E-state index < -0.39 is 16.1 Å². The lowest BCUT2D eigenvalue weighted by atomic mass is 10.1. The molecule has 0 amide bonds. The van der Waals surface area contributed by atoms with Gasteiger partial charge in [0.2, 0.25) is 0 Å². The molecule has 1 aromatic rings. The summed E-state index contributed by atoms with van der Waals surface area (Å²) < 4.78 is 27.1. The first-order valence-electron chi connectivity index (χ1n) is 5.28. The lowest BCUT2D eigenvalue weighted by Crippen LogP contribution is -2.42. The SMILES string of the molecule is Cn1ncc(Cl)c1S(=O)(=O)N1CCC[C@H](O)C1. The highest BCUT2D eigenvalue weighted by Gasteiger charge is 2.33. The van der Waals surface area contributed by atoms with Crippen LogP contribution in [0.1, 0.15) is 12.8 Å². The lowest BCUT2D eigenvalue weighted by Gasteiger charge is -2.29. The number of aliphatic hydroxyl groups excluding tert-OH is 1. The van der Waals surface area contributed by atoms with E-state index in [4.69, 9.17) is 11.6 Å². The Labute approximate surface area is 105 Å². The Morgan fingerprint density at radius 3 is 2.82 bits per heavy atom. The van der Waals surface area contributed by atoms with Crippen LogP contribution in [0.2, 0.25) is 5.02 Å². The molecule has 1 N–H and O–H groups in total. The van der Waals surface area contributed by atoms with Crippen molar-refractivity contribution in [1.82, 2.24) is 14.1 Å². The summed E-state index contributed by atoms with van der Waals surface area (Å²) in [6.07, 6.45) is 1.97. The maximum Gasteiger partial charge on any atom is 0.261 e. The molecule has 1 atom stereocenters. The molecular formula is C9H14ClN3O3S. The van der Waals surface area contributed by atoms with Crippen LogP contribution in [0.5, 0.6) is 0 Å². The molecule has 0 unspecified atom stereocenters. The van der Waals surface area contributed by atoms with E-state index >= 15 is 0 Å². The van der Waals surface area contributed by atoms with Gasteiger partial charge in [0, 0.05) is 20.1 Å². The summed E-state index contributed by atoms with van der Waals surface area (Å²) in [7, 11) is -2.14. The number of aromatic nitrogens is 2. The molecule has 96 valence electrons. The van der Waals surface area contributed by atoms with Crippen LogP contribution in [0.15, 0.2) is 11.2 Å². The average Bonchev–Trinajstić information content (AvgIpc) is 2.59. The third-order valence-electron chi connectivity index (χ3n) is 2.79. The number of hydrogen-bond donors (Lipinski definition) is 1. The maximum atomic E-state index is 12.3. The van der Waals surface area contributed by atoms with Crippen molar-refractivity contribution >= 4 is 21.6 Å². The summed E-state index contributed by atoms with van der Waals surface area (Å²) >= 11 is 5.83. The van der Waals surface area contributed by atoms with Crippen LogP contribution in [0.4, 0.5) is 0 Å². The number of piperidine rings is 1. The zero-order valence-corrected chi connectivity index (χ0v) is 10.9. The topological polar surface area (TPSA) is 75.4 Å². The minimum absolute atomic E-state index is 0.0201. The number of nitrogens with zero attached hydrogens (tertiary/aromatic N) is 3. The van der Waals surface area contributed by atoms with E-state index in [0.717, 1.165) is 0 Å². The molecule has 17 heavy (non-hydrogen) atoms. The highest BCUT2D eigenvalue weighted by molar-refractivity contribution is 7.89. The van der Waals surface area contributed by atoms with Gasteiger partial charge in [-0.25, -0.2) is 8.42 Å². The average molecular weight is 280 g/mol. The Bertz CT molecular complexity index is 494. The van der Waals surface area contributed by atoms with E-state index in [1.54, 1.807) is 0 Å². The predicted molar refractivity (Wildman–Crippen MR) is 62.2 cm³/mol. The predicted octanol–water partition coefficient (Wildman–Crippen LogP) is 0.219. The Balaban J connectivity index is 2.36. The van der Waals surface area contributed by atoms with Crippen molar-refractivity contribution in [2.24, 2.45) is 7.05 Å². The molecule has 2 heterocycles. The first-order valence-corrected chi connectivity index (χ1v) is 7.10. The molecule has 1 aliphatic rings. The van der Waals surface area contributed by atoms with Crippen LogP contribution in [-0.4, -0.2) is 46.8 Å². The number of hydrogen-bond acceptors (Lipinski definition) is 4. The van der Waals surface area contributed by atoms with E-state index in [9.17, 15) is 13.5 Å². The molecule has 0 saturated carbocycles. The van der Waals surface area contributed by atoms with Gasteiger partial charge in [0.15, 0.2) is 5.03 Å². The fraction of sp³-hybridized carbons (Fsp3) is 0.667. The van der Waals surface area contributed by atoms with Crippen molar-refractivity contribution < 1.29 is 13.5 Å². The standard InChI is InChI=1S/C9H14ClN3O3S/c1-12-9(8(10)5-11-12)17(15,16)13-4-2-3-7(14)6-13/h5,7,14H,2-4,6H2,1H3/t7-/m0/s1. The van der Waals surface area contributed by atoms with Gasteiger partial charge in [0.1, 0.15) is 0 Å². The summed E-state index contributed by atoms with van der Waals surface area (Å²) in [6.45, 7) is 0.519. The van der Waals surface area contributed by atoms with Gasteiger partial charge in [-0.2, -0.15) is 9.40 Å².